The molecule has 0 saturated heterocycles. The molecule has 0 radical (unpaired) electrons. The van der Waals surface area contributed by atoms with Crippen LogP contribution in [0.25, 0.3) is 11.5 Å². The normalized spacial score (nSPS) is 12.3. The Balaban J connectivity index is -0.000000270. The van der Waals surface area contributed by atoms with Crippen LogP contribution in [-0.2, 0) is 17.6 Å². The number of hydrogen-bond donors (Lipinski definition) is 0. The van der Waals surface area contributed by atoms with Crippen molar-refractivity contribution in [3.8, 4) is 0 Å². The van der Waals surface area contributed by atoms with Crippen molar-refractivity contribution in [2.24, 2.45) is 7.14 Å². The summed E-state index contributed by atoms with van der Waals surface area (Å²) in [6.07, 6.45) is 0. The molecule has 0 aliphatic heterocycles. The summed E-state index contributed by atoms with van der Waals surface area (Å²) in [6.45, 7) is 23.9. The van der Waals surface area contributed by atoms with Crippen LogP contribution in [-0.4, -0.2) is 22.2 Å². The first-order chi connectivity index (χ1) is 8.71. The molecular weight excluding hydrogens is 434 g/mol. The topological polar surface area (TPSA) is 72.3 Å². The van der Waals surface area contributed by atoms with Crippen LogP contribution in [0.15, 0.2) is 7.14 Å². The van der Waals surface area contributed by atoms with Crippen molar-refractivity contribution in [2.75, 3.05) is 0 Å². The van der Waals surface area contributed by atoms with Crippen LogP contribution in [0.5, 0.6) is 0 Å². The summed E-state index contributed by atoms with van der Waals surface area (Å²) >= 11 is -0.664. The Hall–Kier alpha value is 0.182. The Labute approximate surface area is 141 Å². The van der Waals surface area contributed by atoms with Crippen LogP contribution in [0.4, 0.5) is 0 Å². The Morgan fingerprint density at radius 3 is 0.762 bits per heavy atom. The monoisotopic (exact) mass is 473 g/mol. The fraction of sp³-hybridized carbons (Fsp3) is 1.00. The van der Waals surface area contributed by atoms with E-state index in [0.29, 0.717) is 0 Å². The molecule has 0 rings (SSSR count). The minimum atomic E-state index is -0.664. The van der Waals surface area contributed by atoms with E-state index < -0.39 is 17.6 Å². The van der Waals surface area contributed by atoms with Crippen molar-refractivity contribution in [1.29, 1.82) is 0 Å². The second kappa shape index (κ2) is 10.1. The van der Waals surface area contributed by atoms with E-state index in [1.165, 1.54) is 0 Å². The van der Waals surface area contributed by atoms with E-state index >= 15 is 0 Å². The fourth-order valence-corrected chi connectivity index (χ4v) is 2.01. The maximum absolute atomic E-state index is 6.94. The van der Waals surface area contributed by atoms with Gasteiger partial charge >= 0.3 is 77.4 Å². The van der Waals surface area contributed by atoms with Gasteiger partial charge < -0.3 is 11.5 Å². The van der Waals surface area contributed by atoms with Gasteiger partial charge in [-0.3, -0.25) is 0 Å². The van der Waals surface area contributed by atoms with E-state index in [4.69, 9.17) is 11.5 Å². The van der Waals surface area contributed by atoms with Crippen molar-refractivity contribution in [1.82, 2.24) is 0 Å². The van der Waals surface area contributed by atoms with Crippen LogP contribution in [0, 0.1) is 0 Å². The van der Waals surface area contributed by atoms with Gasteiger partial charge in [0.15, 0.2) is 0 Å². The summed E-state index contributed by atoms with van der Waals surface area (Å²) in [4.78, 5) is 0. The average molecular weight is 473 g/mol. The SMILES string of the molecule is CC(C)(C)[NH-].CC(C)(C)[NH-].CC(C)(C)[N]=[Re]=[N]C(C)(C)C. The summed E-state index contributed by atoms with van der Waals surface area (Å²) in [5.41, 5.74) is 13.6. The van der Waals surface area contributed by atoms with Crippen LogP contribution < -0.4 is 0 Å². The first kappa shape index (κ1) is 26.1. The predicted molar refractivity (Wildman–Crippen MR) is 92.5 cm³/mol. The second-order valence-corrected chi connectivity index (χ2v) is 10.8. The van der Waals surface area contributed by atoms with Gasteiger partial charge in [0.1, 0.15) is 0 Å². The van der Waals surface area contributed by atoms with Gasteiger partial charge in [0.25, 0.3) is 0 Å². The fourth-order valence-electron chi connectivity index (χ4n) is 0.246. The predicted octanol–water partition coefficient (Wildman–Crippen LogP) is 6.71. The number of nitrogens with one attached hydrogen (secondary N) is 2. The summed E-state index contributed by atoms with van der Waals surface area (Å²) in [5, 5.41) is 0. The summed E-state index contributed by atoms with van der Waals surface area (Å²) in [6, 6.07) is 0. The molecule has 0 heterocycles. The third kappa shape index (κ3) is 99.7. The van der Waals surface area contributed by atoms with E-state index in [2.05, 4.69) is 48.7 Å². The molecule has 0 saturated carbocycles. The molecule has 0 unspecified atom stereocenters. The molecule has 2 N–H and O–H groups in total. The number of hydrogen-bond acceptors (Lipinski definition) is 2. The molecule has 0 atom stereocenters. The molecule has 0 aliphatic carbocycles. The quantitative estimate of drug-likeness (QED) is 0.376. The van der Waals surface area contributed by atoms with Crippen molar-refractivity contribution in [3.05, 3.63) is 11.5 Å². The molecule has 0 fully saturated rings. The molecule has 0 amide bonds. The van der Waals surface area contributed by atoms with E-state index in [1.807, 2.05) is 41.5 Å². The molecule has 21 heavy (non-hydrogen) atoms. The molecule has 0 aromatic rings. The number of nitrogens with zero attached hydrogens (tertiary/aromatic N) is 2. The van der Waals surface area contributed by atoms with Crippen LogP contribution in [0.1, 0.15) is 83.1 Å². The molecule has 0 bridgehead atoms. The molecule has 131 valence electrons. The van der Waals surface area contributed by atoms with Crippen molar-refractivity contribution >= 4 is 0 Å². The van der Waals surface area contributed by atoms with Crippen LogP contribution >= 0.6 is 0 Å². The average Bonchev–Trinajstić information content (AvgIpc) is 1.89. The van der Waals surface area contributed by atoms with Gasteiger partial charge in [-0.15, -0.1) is 11.1 Å². The van der Waals surface area contributed by atoms with E-state index in [-0.39, 0.29) is 22.2 Å². The Kier molecular flexibility index (Phi) is 12.5. The van der Waals surface area contributed by atoms with Gasteiger partial charge in [-0.25, -0.2) is 0 Å². The van der Waals surface area contributed by atoms with E-state index in [1.54, 1.807) is 0 Å². The zero-order valence-electron chi connectivity index (χ0n) is 16.3. The first-order valence-corrected chi connectivity index (χ1v) is 9.71. The molecule has 4 nitrogen and oxygen atoms in total. The number of rotatable bonds is 0. The Morgan fingerprint density at radius 2 is 0.667 bits per heavy atom. The third-order valence-corrected chi connectivity index (χ3v) is 4.77. The Morgan fingerprint density at radius 1 is 0.524 bits per heavy atom. The molecule has 5 heteroatoms. The van der Waals surface area contributed by atoms with Gasteiger partial charge in [-0.2, -0.15) is 0 Å². The standard InChI is InChI=1S/2C4H10N.2C4H9N.Re/c4*1-4(2,3)5;/h2*5H,1-3H3;2*1-3H3;/q2*-1;;;. The van der Waals surface area contributed by atoms with Crippen molar-refractivity contribution < 1.29 is 17.6 Å². The summed E-state index contributed by atoms with van der Waals surface area (Å²) in [5.74, 6) is 0. The molecule has 0 spiro atoms. The van der Waals surface area contributed by atoms with Crippen molar-refractivity contribution in [2.45, 2.75) is 105 Å². The molecule has 0 aliphatic rings. The van der Waals surface area contributed by atoms with Crippen LogP contribution in [0.3, 0.4) is 0 Å². The second-order valence-electron chi connectivity index (χ2n) is 9.09. The first-order valence-electron chi connectivity index (χ1n) is 7.29. The molecule has 0 aromatic heterocycles. The van der Waals surface area contributed by atoms with Gasteiger partial charge in [0, 0.05) is 0 Å². The minimum absolute atomic E-state index is 0.118. The van der Waals surface area contributed by atoms with Crippen molar-refractivity contribution in [3.63, 3.8) is 0 Å². The van der Waals surface area contributed by atoms with Gasteiger partial charge in [0.05, 0.1) is 0 Å². The van der Waals surface area contributed by atoms with Gasteiger partial charge in [-0.1, -0.05) is 41.5 Å². The van der Waals surface area contributed by atoms with E-state index in [0.717, 1.165) is 0 Å². The zero-order chi connectivity index (χ0) is 18.1. The Bertz CT molecular complexity index is 274. The van der Waals surface area contributed by atoms with E-state index in [9.17, 15) is 0 Å². The summed E-state index contributed by atoms with van der Waals surface area (Å²) < 4.78 is 9.06. The van der Waals surface area contributed by atoms with Gasteiger partial charge in [-0.05, 0) is 0 Å². The van der Waals surface area contributed by atoms with Gasteiger partial charge in [0.2, 0.25) is 0 Å². The maximum atomic E-state index is 6.94. The zero-order valence-corrected chi connectivity index (χ0v) is 19.0. The third-order valence-electron chi connectivity index (χ3n) is 0.583. The van der Waals surface area contributed by atoms with Crippen LogP contribution in [0.2, 0.25) is 0 Å². The summed E-state index contributed by atoms with van der Waals surface area (Å²) in [7, 11) is 0. The molecular formula is C16H38N4Re-2. The molecule has 0 aromatic carbocycles.